The monoisotopic (exact) mass is 257 g/mol. The Hall–Kier alpha value is -1.97. The van der Waals surface area contributed by atoms with Crippen molar-refractivity contribution in [3.05, 3.63) is 30.1 Å². The van der Waals surface area contributed by atoms with Crippen LogP contribution in [-0.2, 0) is 7.05 Å². The molecule has 1 saturated carbocycles. The van der Waals surface area contributed by atoms with Crippen molar-refractivity contribution in [3.63, 3.8) is 0 Å². The van der Waals surface area contributed by atoms with Crippen LogP contribution in [-0.4, -0.2) is 16.2 Å². The molecule has 0 unspecified atom stereocenters. The first-order chi connectivity index (χ1) is 9.20. The van der Waals surface area contributed by atoms with Gasteiger partial charge in [0, 0.05) is 18.5 Å². The topological polar surface area (TPSA) is 53.1 Å². The molecule has 0 aliphatic heterocycles. The highest BCUT2D eigenvalue weighted by Crippen LogP contribution is 2.41. The van der Waals surface area contributed by atoms with Gasteiger partial charge in [0.2, 0.25) is 0 Å². The lowest BCUT2D eigenvalue weighted by Crippen LogP contribution is -2.00. The Morgan fingerprint density at radius 3 is 2.89 bits per heavy atom. The molecule has 0 amide bonds. The summed E-state index contributed by atoms with van der Waals surface area (Å²) < 4.78 is 7.54. The highest BCUT2D eigenvalue weighted by molar-refractivity contribution is 5.72. The van der Waals surface area contributed by atoms with Crippen LogP contribution in [0.4, 0.5) is 5.82 Å². The van der Waals surface area contributed by atoms with Gasteiger partial charge < -0.3 is 15.0 Å². The summed E-state index contributed by atoms with van der Waals surface area (Å²) >= 11 is 0. The number of nitrogens with zero attached hydrogens (tertiary/aromatic N) is 2. The second-order valence-electron chi connectivity index (χ2n) is 5.00. The van der Waals surface area contributed by atoms with Crippen molar-refractivity contribution in [1.29, 1.82) is 0 Å². The summed E-state index contributed by atoms with van der Waals surface area (Å²) in [6, 6.07) is 7.95. The van der Waals surface area contributed by atoms with Crippen LogP contribution in [0.15, 0.2) is 24.3 Å². The van der Waals surface area contributed by atoms with Crippen molar-refractivity contribution in [2.75, 3.05) is 12.3 Å². The lowest BCUT2D eigenvalue weighted by molar-refractivity contribution is 0.340. The number of ether oxygens (including phenoxy) is 1. The average molecular weight is 257 g/mol. The van der Waals surface area contributed by atoms with Crippen LogP contribution in [0.25, 0.3) is 11.3 Å². The van der Waals surface area contributed by atoms with Crippen molar-refractivity contribution in [3.8, 4) is 17.0 Å². The lowest BCUT2D eigenvalue weighted by Gasteiger charge is -2.05. The number of rotatable bonds is 4. The number of benzene rings is 1. The van der Waals surface area contributed by atoms with Crippen molar-refractivity contribution in [1.82, 2.24) is 9.55 Å². The van der Waals surface area contributed by atoms with Crippen LogP contribution in [0.3, 0.4) is 0 Å². The van der Waals surface area contributed by atoms with Crippen molar-refractivity contribution < 1.29 is 4.74 Å². The van der Waals surface area contributed by atoms with Crippen molar-refractivity contribution >= 4 is 5.82 Å². The number of aromatic nitrogens is 2. The first kappa shape index (κ1) is 12.1. The Labute approximate surface area is 113 Å². The quantitative estimate of drug-likeness (QED) is 0.916. The average Bonchev–Trinajstić information content (AvgIpc) is 3.20. The molecule has 0 spiro atoms. The second-order valence-corrected chi connectivity index (χ2v) is 5.00. The van der Waals surface area contributed by atoms with Crippen molar-refractivity contribution in [2.24, 2.45) is 7.05 Å². The SMILES string of the molecule is CCOc1cccc(-c2nc(C3CC3)n(C)c2N)c1. The summed E-state index contributed by atoms with van der Waals surface area (Å²) in [7, 11) is 1.99. The normalized spacial score (nSPS) is 14.6. The lowest BCUT2D eigenvalue weighted by atomic mass is 10.1. The maximum absolute atomic E-state index is 6.18. The fourth-order valence-electron chi connectivity index (χ4n) is 2.35. The predicted molar refractivity (Wildman–Crippen MR) is 76.2 cm³/mol. The van der Waals surface area contributed by atoms with Gasteiger partial charge in [-0.3, -0.25) is 0 Å². The second kappa shape index (κ2) is 4.61. The minimum absolute atomic E-state index is 0.594. The first-order valence-corrected chi connectivity index (χ1v) is 6.76. The van der Waals surface area contributed by atoms with E-state index in [0.29, 0.717) is 12.5 Å². The summed E-state index contributed by atoms with van der Waals surface area (Å²) in [6.07, 6.45) is 2.45. The van der Waals surface area contributed by atoms with Gasteiger partial charge in [-0.05, 0) is 31.9 Å². The molecule has 0 radical (unpaired) electrons. The smallest absolute Gasteiger partial charge is 0.131 e. The van der Waals surface area contributed by atoms with Gasteiger partial charge in [-0.1, -0.05) is 12.1 Å². The molecule has 0 saturated heterocycles. The van der Waals surface area contributed by atoms with Crippen LogP contribution in [0.2, 0.25) is 0 Å². The fraction of sp³-hybridized carbons (Fsp3) is 0.400. The Kier molecular flexibility index (Phi) is 2.93. The van der Waals surface area contributed by atoms with Crippen LogP contribution < -0.4 is 10.5 Å². The third-order valence-electron chi connectivity index (χ3n) is 3.53. The highest BCUT2D eigenvalue weighted by atomic mass is 16.5. The number of nitrogen functional groups attached to an aromatic ring is 1. The van der Waals surface area contributed by atoms with Gasteiger partial charge in [-0.2, -0.15) is 0 Å². The van der Waals surface area contributed by atoms with Crippen LogP contribution in [0.1, 0.15) is 31.5 Å². The molecule has 2 aromatic rings. The van der Waals surface area contributed by atoms with Gasteiger partial charge in [0.1, 0.15) is 23.1 Å². The van der Waals surface area contributed by atoms with E-state index in [2.05, 4.69) is 0 Å². The standard InChI is InChI=1S/C15H19N3O/c1-3-19-12-6-4-5-11(9-12)13-14(16)18(2)15(17-13)10-7-8-10/h4-6,9-10H,3,7-8,16H2,1-2H3. The third kappa shape index (κ3) is 2.18. The molecule has 1 aromatic carbocycles. The molecule has 1 aliphatic rings. The minimum Gasteiger partial charge on any atom is -0.494 e. The van der Waals surface area contributed by atoms with Gasteiger partial charge in [0.25, 0.3) is 0 Å². The van der Waals surface area contributed by atoms with E-state index in [0.717, 1.165) is 28.6 Å². The molecule has 0 atom stereocenters. The summed E-state index contributed by atoms with van der Waals surface area (Å²) in [5.41, 5.74) is 8.07. The molecule has 1 aromatic heterocycles. The molecule has 1 fully saturated rings. The molecule has 19 heavy (non-hydrogen) atoms. The number of nitrogens with two attached hydrogens (primary N) is 1. The molecule has 4 nitrogen and oxygen atoms in total. The summed E-state index contributed by atoms with van der Waals surface area (Å²) in [4.78, 5) is 4.73. The summed E-state index contributed by atoms with van der Waals surface area (Å²) in [5.74, 6) is 3.29. The van der Waals surface area contributed by atoms with Gasteiger partial charge in [-0.25, -0.2) is 4.98 Å². The van der Waals surface area contributed by atoms with E-state index in [1.165, 1.54) is 12.8 Å². The maximum atomic E-state index is 6.18. The van der Waals surface area contributed by atoms with Gasteiger partial charge >= 0.3 is 0 Å². The van der Waals surface area contributed by atoms with E-state index in [1.54, 1.807) is 0 Å². The van der Waals surface area contributed by atoms with Gasteiger partial charge in [0.15, 0.2) is 0 Å². The van der Waals surface area contributed by atoms with E-state index < -0.39 is 0 Å². The minimum atomic E-state index is 0.594. The Balaban J connectivity index is 2.01. The molecule has 1 aliphatic carbocycles. The Bertz CT molecular complexity index is 599. The molecule has 0 bridgehead atoms. The van der Waals surface area contributed by atoms with Crippen molar-refractivity contribution in [2.45, 2.75) is 25.7 Å². The zero-order valence-electron chi connectivity index (χ0n) is 11.4. The zero-order valence-corrected chi connectivity index (χ0v) is 11.4. The van der Waals surface area contributed by atoms with Gasteiger partial charge in [0.05, 0.1) is 6.61 Å². The van der Waals surface area contributed by atoms with Gasteiger partial charge in [-0.15, -0.1) is 0 Å². The fourth-order valence-corrected chi connectivity index (χ4v) is 2.35. The third-order valence-corrected chi connectivity index (χ3v) is 3.53. The highest BCUT2D eigenvalue weighted by Gasteiger charge is 2.29. The number of anilines is 1. The molecular weight excluding hydrogens is 238 g/mol. The van der Waals surface area contributed by atoms with E-state index in [9.17, 15) is 0 Å². The van der Waals surface area contributed by atoms with E-state index in [4.69, 9.17) is 15.5 Å². The maximum Gasteiger partial charge on any atom is 0.131 e. The molecular formula is C15H19N3O. The molecule has 2 N–H and O–H groups in total. The molecule has 1 heterocycles. The molecule has 4 heteroatoms. The van der Waals surface area contributed by atoms with E-state index >= 15 is 0 Å². The van der Waals surface area contributed by atoms with Crippen LogP contribution in [0.5, 0.6) is 5.75 Å². The Morgan fingerprint density at radius 1 is 1.42 bits per heavy atom. The summed E-state index contributed by atoms with van der Waals surface area (Å²) in [5, 5.41) is 0. The number of imidazole rings is 1. The van der Waals surface area contributed by atoms with Crippen LogP contribution >= 0.6 is 0 Å². The molecule has 3 rings (SSSR count). The Morgan fingerprint density at radius 2 is 2.21 bits per heavy atom. The van der Waals surface area contributed by atoms with E-state index in [1.807, 2.05) is 42.8 Å². The largest absolute Gasteiger partial charge is 0.494 e. The first-order valence-electron chi connectivity index (χ1n) is 6.76. The number of hydrogen-bond acceptors (Lipinski definition) is 3. The van der Waals surface area contributed by atoms with Crippen LogP contribution in [0, 0.1) is 0 Å². The predicted octanol–water partition coefficient (Wildman–Crippen LogP) is 2.95. The zero-order chi connectivity index (χ0) is 13.4. The summed E-state index contributed by atoms with van der Waals surface area (Å²) in [6.45, 7) is 2.64. The molecule has 100 valence electrons. The number of hydrogen-bond donors (Lipinski definition) is 1. The van der Waals surface area contributed by atoms with E-state index in [-0.39, 0.29) is 0 Å².